The summed E-state index contributed by atoms with van der Waals surface area (Å²) in [7, 11) is -2.23. The highest BCUT2D eigenvalue weighted by Gasteiger charge is 2.33. The van der Waals surface area contributed by atoms with Crippen molar-refractivity contribution in [1.82, 2.24) is 9.62 Å². The second-order valence-electron chi connectivity index (χ2n) is 10.5. The standard InChI is InChI=1S/C32H34N2O5S/c1-33-40(36,37)26-13-15-30-29(21-26)28-7-5-6-23-20-24(35)10-14-27(23)31(28)32(39-30)22-8-11-25(12-9-22)38-19-18-34-16-3-2-4-17-34/h5,7-15,20-21,32-33,35H,2-4,6,16-19H2,1H3. The van der Waals surface area contributed by atoms with Crippen LogP contribution in [0.4, 0.5) is 0 Å². The van der Waals surface area contributed by atoms with Crippen molar-refractivity contribution in [3.63, 3.8) is 0 Å². The normalized spacial score (nSPS) is 18.8. The molecule has 0 aromatic heterocycles. The van der Waals surface area contributed by atoms with Crippen LogP contribution >= 0.6 is 0 Å². The second kappa shape index (κ2) is 11.1. The number of aromatic hydroxyl groups is 1. The number of likely N-dealkylation sites (tertiary alicyclic amines) is 1. The van der Waals surface area contributed by atoms with Crippen molar-refractivity contribution < 1.29 is 23.0 Å². The first kappa shape index (κ1) is 26.6. The zero-order valence-corrected chi connectivity index (χ0v) is 23.4. The van der Waals surface area contributed by atoms with Gasteiger partial charge in [0.2, 0.25) is 10.0 Å². The molecule has 0 radical (unpaired) electrons. The van der Waals surface area contributed by atoms with Crippen molar-refractivity contribution in [2.24, 2.45) is 0 Å². The van der Waals surface area contributed by atoms with E-state index in [9.17, 15) is 13.5 Å². The molecule has 0 amide bonds. The molecule has 2 heterocycles. The van der Waals surface area contributed by atoms with Crippen molar-refractivity contribution >= 4 is 21.2 Å². The van der Waals surface area contributed by atoms with Gasteiger partial charge in [-0.3, -0.25) is 4.90 Å². The molecule has 8 heteroatoms. The van der Waals surface area contributed by atoms with Crippen LogP contribution in [0.3, 0.4) is 0 Å². The molecule has 3 aliphatic rings. The van der Waals surface area contributed by atoms with E-state index in [2.05, 4.69) is 9.62 Å². The summed E-state index contributed by atoms with van der Waals surface area (Å²) in [6, 6.07) is 18.4. The molecular formula is C32H34N2O5S. The number of piperidine rings is 1. The molecule has 0 saturated carbocycles. The SMILES string of the molecule is CNS(=O)(=O)c1ccc2c(c1)C1=C(c3ccc(O)cc3CC=C1)C(c1ccc(OCCN3CCCCC3)cc1)O2. The Balaban J connectivity index is 1.36. The number of phenolic OH excluding ortho intramolecular Hbond substituents is 1. The Morgan fingerprint density at radius 2 is 1.80 bits per heavy atom. The van der Waals surface area contributed by atoms with E-state index in [1.807, 2.05) is 42.5 Å². The molecule has 1 aliphatic carbocycles. The third-order valence-electron chi connectivity index (χ3n) is 7.93. The van der Waals surface area contributed by atoms with Gasteiger partial charge in [-0.2, -0.15) is 0 Å². The molecule has 0 spiro atoms. The first-order valence-electron chi connectivity index (χ1n) is 13.9. The Labute approximate surface area is 235 Å². The number of allylic oxidation sites excluding steroid dienone is 3. The van der Waals surface area contributed by atoms with Gasteiger partial charge in [0.05, 0.1) is 4.90 Å². The number of hydrogen-bond acceptors (Lipinski definition) is 6. The maximum atomic E-state index is 12.6. The predicted octanol–water partition coefficient (Wildman–Crippen LogP) is 5.32. The van der Waals surface area contributed by atoms with Gasteiger partial charge in [-0.1, -0.05) is 36.8 Å². The van der Waals surface area contributed by atoms with Crippen molar-refractivity contribution in [2.75, 3.05) is 33.3 Å². The maximum Gasteiger partial charge on any atom is 0.240 e. The first-order valence-corrected chi connectivity index (χ1v) is 15.3. The van der Waals surface area contributed by atoms with Gasteiger partial charge in [0.25, 0.3) is 0 Å². The number of rotatable bonds is 7. The molecule has 3 aromatic carbocycles. The Morgan fingerprint density at radius 3 is 2.58 bits per heavy atom. The Morgan fingerprint density at radius 1 is 1.00 bits per heavy atom. The third kappa shape index (κ3) is 5.27. The van der Waals surface area contributed by atoms with Crippen molar-refractivity contribution in [1.29, 1.82) is 0 Å². The summed E-state index contributed by atoms with van der Waals surface area (Å²) in [5.74, 6) is 1.64. The van der Waals surface area contributed by atoms with Crippen LogP contribution in [0.25, 0.3) is 11.1 Å². The zero-order valence-electron chi connectivity index (χ0n) is 22.6. The van der Waals surface area contributed by atoms with Crippen LogP contribution in [0.2, 0.25) is 0 Å². The minimum atomic E-state index is -3.63. The van der Waals surface area contributed by atoms with E-state index >= 15 is 0 Å². The lowest BCUT2D eigenvalue weighted by Gasteiger charge is -2.32. The van der Waals surface area contributed by atoms with Gasteiger partial charge in [0, 0.05) is 17.7 Å². The van der Waals surface area contributed by atoms with Gasteiger partial charge in [-0.05, 0) is 104 Å². The summed E-state index contributed by atoms with van der Waals surface area (Å²) in [6.45, 7) is 3.88. The fourth-order valence-electron chi connectivity index (χ4n) is 5.81. The van der Waals surface area contributed by atoms with Gasteiger partial charge in [0.15, 0.2) is 6.10 Å². The van der Waals surface area contributed by atoms with Crippen LogP contribution in [0.15, 0.2) is 77.7 Å². The number of ether oxygens (including phenoxy) is 2. The molecule has 6 rings (SSSR count). The largest absolute Gasteiger partial charge is 0.508 e. The molecule has 2 aliphatic heterocycles. The lowest BCUT2D eigenvalue weighted by molar-refractivity contribution is 0.183. The van der Waals surface area contributed by atoms with E-state index < -0.39 is 16.1 Å². The van der Waals surface area contributed by atoms with Crippen LogP contribution in [0, 0.1) is 0 Å². The summed E-state index contributed by atoms with van der Waals surface area (Å²) in [5, 5.41) is 10.2. The molecule has 3 aromatic rings. The van der Waals surface area contributed by atoms with Gasteiger partial charge in [-0.15, -0.1) is 0 Å². The predicted molar refractivity (Wildman–Crippen MR) is 156 cm³/mol. The van der Waals surface area contributed by atoms with Gasteiger partial charge in [-0.25, -0.2) is 13.1 Å². The van der Waals surface area contributed by atoms with Crippen molar-refractivity contribution in [3.8, 4) is 17.2 Å². The van der Waals surface area contributed by atoms with Crippen LogP contribution in [0.5, 0.6) is 17.2 Å². The van der Waals surface area contributed by atoms with Crippen LogP contribution in [0.1, 0.15) is 47.6 Å². The average Bonchev–Trinajstić information content (AvgIpc) is 3.17. The highest BCUT2D eigenvalue weighted by atomic mass is 32.2. The number of sulfonamides is 1. The monoisotopic (exact) mass is 558 g/mol. The highest BCUT2D eigenvalue weighted by molar-refractivity contribution is 7.89. The number of nitrogens with zero attached hydrogens (tertiary/aromatic N) is 1. The Kier molecular flexibility index (Phi) is 7.40. The fourth-order valence-corrected chi connectivity index (χ4v) is 6.57. The minimum Gasteiger partial charge on any atom is -0.508 e. The minimum absolute atomic E-state index is 0.178. The van der Waals surface area contributed by atoms with Crippen LogP contribution in [-0.2, 0) is 16.4 Å². The molecule has 1 atom stereocenters. The molecule has 0 bridgehead atoms. The van der Waals surface area contributed by atoms with Gasteiger partial charge in [0.1, 0.15) is 23.9 Å². The molecule has 7 nitrogen and oxygen atoms in total. The lowest BCUT2D eigenvalue weighted by atomic mass is 9.84. The molecule has 1 unspecified atom stereocenters. The smallest absolute Gasteiger partial charge is 0.240 e. The summed E-state index contributed by atoms with van der Waals surface area (Å²) in [6.07, 6.45) is 8.14. The van der Waals surface area contributed by atoms with Crippen molar-refractivity contribution in [3.05, 3.63) is 95.1 Å². The lowest BCUT2D eigenvalue weighted by Crippen LogP contribution is -2.33. The highest BCUT2D eigenvalue weighted by Crippen LogP contribution is 2.49. The molecule has 40 heavy (non-hydrogen) atoms. The second-order valence-corrected chi connectivity index (χ2v) is 12.3. The summed E-state index contributed by atoms with van der Waals surface area (Å²) in [4.78, 5) is 2.64. The Bertz CT molecular complexity index is 1570. The number of phenols is 1. The molecule has 1 fully saturated rings. The van der Waals surface area contributed by atoms with Crippen LogP contribution < -0.4 is 14.2 Å². The third-order valence-corrected chi connectivity index (χ3v) is 9.34. The summed E-state index contributed by atoms with van der Waals surface area (Å²) in [5.41, 5.74) is 5.48. The topological polar surface area (TPSA) is 88.1 Å². The maximum absolute atomic E-state index is 12.6. The van der Waals surface area contributed by atoms with Gasteiger partial charge >= 0.3 is 0 Å². The van der Waals surface area contributed by atoms with E-state index in [0.29, 0.717) is 18.8 Å². The first-order chi connectivity index (χ1) is 19.4. The number of hydrogen-bond donors (Lipinski definition) is 2. The number of fused-ring (bicyclic) bond motifs is 4. The van der Waals surface area contributed by atoms with E-state index in [1.165, 1.54) is 26.3 Å². The number of benzene rings is 3. The Hall–Kier alpha value is -3.59. The van der Waals surface area contributed by atoms with E-state index in [0.717, 1.165) is 58.8 Å². The molecule has 1 saturated heterocycles. The van der Waals surface area contributed by atoms with Gasteiger partial charge < -0.3 is 14.6 Å². The average molecular weight is 559 g/mol. The fraction of sp³-hybridized carbons (Fsp3) is 0.312. The molecule has 2 N–H and O–H groups in total. The molecular weight excluding hydrogens is 524 g/mol. The summed E-state index contributed by atoms with van der Waals surface area (Å²) < 4.78 is 40.3. The zero-order chi connectivity index (χ0) is 27.7. The quantitative estimate of drug-likeness (QED) is 0.408. The molecule has 208 valence electrons. The van der Waals surface area contributed by atoms with E-state index in [-0.39, 0.29) is 10.6 Å². The van der Waals surface area contributed by atoms with E-state index in [1.54, 1.807) is 30.3 Å². The van der Waals surface area contributed by atoms with Crippen LogP contribution in [-0.4, -0.2) is 51.7 Å². The summed E-state index contributed by atoms with van der Waals surface area (Å²) >= 11 is 0. The van der Waals surface area contributed by atoms with E-state index in [4.69, 9.17) is 9.47 Å². The number of nitrogens with one attached hydrogen (secondary N) is 1. The van der Waals surface area contributed by atoms with Crippen molar-refractivity contribution in [2.45, 2.75) is 36.7 Å².